The van der Waals surface area contributed by atoms with E-state index in [2.05, 4.69) is 21.3 Å². The lowest BCUT2D eigenvalue weighted by molar-refractivity contribution is -0.146. The van der Waals surface area contributed by atoms with Gasteiger partial charge in [-0.1, -0.05) is 32.4 Å². The minimum absolute atomic E-state index is 0.0156. The molecule has 2 aliphatic rings. The van der Waals surface area contributed by atoms with Gasteiger partial charge in [0.15, 0.2) is 0 Å². The largest absolute Gasteiger partial charge is 0.461 e. The first-order valence-electron chi connectivity index (χ1n) is 16.0. The molecule has 3 atom stereocenters. The Hall–Kier alpha value is -4.64. The zero-order valence-electron chi connectivity index (χ0n) is 27.6. The number of carbonyl (C=O) groups is 7. The van der Waals surface area contributed by atoms with Gasteiger partial charge in [-0.3, -0.25) is 43.0 Å². The number of esters is 1. The lowest BCUT2D eigenvalue weighted by Crippen LogP contribution is -2.58. The van der Waals surface area contributed by atoms with Crippen molar-refractivity contribution in [3.63, 3.8) is 0 Å². The van der Waals surface area contributed by atoms with Crippen LogP contribution in [0.4, 0.5) is 5.69 Å². The van der Waals surface area contributed by atoms with E-state index in [0.29, 0.717) is 24.9 Å². The molecule has 1 aromatic carbocycles. The van der Waals surface area contributed by atoms with E-state index in [1.807, 2.05) is 0 Å². The fourth-order valence-corrected chi connectivity index (χ4v) is 5.38. The van der Waals surface area contributed by atoms with Gasteiger partial charge in [0.2, 0.25) is 23.6 Å². The number of nitrogens with zero attached hydrogens (tertiary/aromatic N) is 1. The number of carbonyl (C=O) groups excluding carboxylic acids is 7. The van der Waals surface area contributed by atoms with Gasteiger partial charge in [-0.2, -0.15) is 8.42 Å². The fourth-order valence-electron chi connectivity index (χ4n) is 4.73. The minimum atomic E-state index is -4.74. The van der Waals surface area contributed by atoms with Gasteiger partial charge in [-0.15, -0.1) is 0 Å². The van der Waals surface area contributed by atoms with E-state index < -0.39 is 75.4 Å². The molecule has 1 aliphatic heterocycles. The molecule has 1 saturated carbocycles. The second-order valence-corrected chi connectivity index (χ2v) is 13.9. The third-order valence-electron chi connectivity index (χ3n) is 7.73. The van der Waals surface area contributed by atoms with Crippen LogP contribution < -0.4 is 21.3 Å². The first kappa shape index (κ1) is 38.8. The Morgan fingerprint density at radius 1 is 0.878 bits per heavy atom. The van der Waals surface area contributed by atoms with Gasteiger partial charge in [-0.05, 0) is 56.2 Å². The highest BCUT2D eigenvalue weighted by Crippen LogP contribution is 2.30. The van der Waals surface area contributed by atoms with Gasteiger partial charge >= 0.3 is 5.97 Å². The molecule has 1 unspecified atom stereocenters. The molecule has 3 rings (SSSR count). The van der Waals surface area contributed by atoms with E-state index in [1.165, 1.54) is 19.1 Å². The normalized spacial score (nSPS) is 16.1. The Bertz CT molecular complexity index is 1540. The molecule has 6 amide bonds. The molecule has 0 saturated heterocycles. The molecule has 49 heavy (non-hydrogen) atoms. The molecule has 17 heteroatoms. The molecule has 1 heterocycles. The van der Waals surface area contributed by atoms with Crippen LogP contribution >= 0.6 is 0 Å². The number of ether oxygens (including phenoxy) is 1. The SMILES string of the molecule is CC(C)C(NC(=O)[C@H](CS(=O)(=O)O)NC(=O)CCCCCN1C(=O)C=CC1=O)C(=O)N[C@@H](C)C(=O)Nc1ccc(COC(=O)C2CC2)cc1. The summed E-state index contributed by atoms with van der Waals surface area (Å²) in [4.78, 5) is 87.6. The van der Waals surface area contributed by atoms with E-state index in [9.17, 15) is 46.5 Å². The van der Waals surface area contributed by atoms with Crippen molar-refractivity contribution in [3.8, 4) is 0 Å². The summed E-state index contributed by atoms with van der Waals surface area (Å²) in [5.41, 5.74) is 1.16. The van der Waals surface area contributed by atoms with Crippen molar-refractivity contribution in [3.05, 3.63) is 42.0 Å². The number of unbranched alkanes of at least 4 members (excludes halogenated alkanes) is 2. The summed E-state index contributed by atoms with van der Waals surface area (Å²) < 4.78 is 38.0. The maximum Gasteiger partial charge on any atom is 0.309 e. The predicted octanol–water partition coefficient (Wildman–Crippen LogP) is 0.582. The highest BCUT2D eigenvalue weighted by Gasteiger charge is 2.33. The van der Waals surface area contributed by atoms with Gasteiger partial charge in [0.25, 0.3) is 21.9 Å². The second kappa shape index (κ2) is 17.7. The van der Waals surface area contributed by atoms with E-state index in [1.54, 1.807) is 38.1 Å². The lowest BCUT2D eigenvalue weighted by atomic mass is 10.0. The molecule has 0 radical (unpaired) electrons. The molecule has 0 bridgehead atoms. The molecule has 1 aromatic rings. The summed E-state index contributed by atoms with van der Waals surface area (Å²) in [6, 6.07) is 2.57. The average molecular weight is 706 g/mol. The molecule has 1 fully saturated rings. The van der Waals surface area contributed by atoms with E-state index in [0.717, 1.165) is 23.3 Å². The molecular formula is C32H43N5O11S. The van der Waals surface area contributed by atoms with Crippen LogP contribution in [0.25, 0.3) is 0 Å². The number of hydrogen-bond donors (Lipinski definition) is 5. The first-order chi connectivity index (χ1) is 23.0. The highest BCUT2D eigenvalue weighted by molar-refractivity contribution is 7.85. The lowest BCUT2D eigenvalue weighted by Gasteiger charge is -2.26. The summed E-state index contributed by atoms with van der Waals surface area (Å²) in [6.07, 6.45) is 5.07. The number of hydrogen-bond acceptors (Lipinski definition) is 10. The summed E-state index contributed by atoms with van der Waals surface area (Å²) >= 11 is 0. The Morgan fingerprint density at radius 2 is 1.51 bits per heavy atom. The van der Waals surface area contributed by atoms with Crippen LogP contribution in [0.2, 0.25) is 0 Å². The average Bonchev–Trinajstić information content (AvgIpc) is 3.83. The number of amides is 6. The quantitative estimate of drug-likeness (QED) is 0.0578. The standard InChI is InChI=1S/C32H43N5O11S/c1-19(2)28(31(43)33-20(3)29(41)34-23-12-8-21(9-13-23)17-48-32(44)22-10-11-22)36-30(42)24(18-49(45,46)47)35-25(38)7-5-4-6-16-37-26(39)14-15-27(37)40/h8-9,12-15,19-20,22,24,28H,4-7,10-11,16-18H2,1-3H3,(H,33,43)(H,34,41)(H,35,38)(H,36,42)(H,45,46,47)/t20-,24-,28?/m0/s1. The predicted molar refractivity (Wildman–Crippen MR) is 175 cm³/mol. The molecule has 0 aromatic heterocycles. The monoisotopic (exact) mass is 705 g/mol. The van der Waals surface area contributed by atoms with E-state index in [-0.39, 0.29) is 31.5 Å². The van der Waals surface area contributed by atoms with Crippen molar-refractivity contribution in [2.75, 3.05) is 17.6 Å². The van der Waals surface area contributed by atoms with Crippen molar-refractivity contribution in [1.82, 2.24) is 20.9 Å². The van der Waals surface area contributed by atoms with Gasteiger partial charge in [0, 0.05) is 30.8 Å². The molecule has 16 nitrogen and oxygen atoms in total. The van der Waals surface area contributed by atoms with Crippen LogP contribution in [-0.4, -0.2) is 89.7 Å². The van der Waals surface area contributed by atoms with E-state index >= 15 is 0 Å². The molecule has 268 valence electrons. The van der Waals surface area contributed by atoms with Crippen molar-refractivity contribution in [2.45, 2.75) is 84.0 Å². The Labute approximate surface area is 284 Å². The van der Waals surface area contributed by atoms with Crippen molar-refractivity contribution >= 4 is 57.2 Å². The summed E-state index contributed by atoms with van der Waals surface area (Å²) in [5, 5.41) is 9.85. The van der Waals surface area contributed by atoms with Gasteiger partial charge < -0.3 is 26.0 Å². The molecule has 0 spiro atoms. The van der Waals surface area contributed by atoms with Crippen LogP contribution in [0.3, 0.4) is 0 Å². The highest BCUT2D eigenvalue weighted by atomic mass is 32.2. The van der Waals surface area contributed by atoms with Crippen LogP contribution in [0.5, 0.6) is 0 Å². The number of imide groups is 1. The molecule has 1 aliphatic carbocycles. The van der Waals surface area contributed by atoms with Crippen molar-refractivity contribution in [1.29, 1.82) is 0 Å². The third-order valence-corrected chi connectivity index (χ3v) is 8.48. The Morgan fingerprint density at radius 3 is 2.08 bits per heavy atom. The van der Waals surface area contributed by atoms with Crippen LogP contribution in [0.15, 0.2) is 36.4 Å². The van der Waals surface area contributed by atoms with Gasteiger partial charge in [0.1, 0.15) is 30.5 Å². The topological polar surface area (TPSA) is 234 Å². The first-order valence-corrected chi connectivity index (χ1v) is 17.6. The van der Waals surface area contributed by atoms with Crippen molar-refractivity contribution in [2.24, 2.45) is 11.8 Å². The van der Waals surface area contributed by atoms with Crippen LogP contribution in [0, 0.1) is 11.8 Å². The Balaban J connectivity index is 1.49. The smallest absolute Gasteiger partial charge is 0.309 e. The van der Waals surface area contributed by atoms with Crippen LogP contribution in [-0.2, 0) is 55.0 Å². The zero-order chi connectivity index (χ0) is 36.3. The van der Waals surface area contributed by atoms with Gasteiger partial charge in [0.05, 0.1) is 5.92 Å². The maximum atomic E-state index is 13.1. The number of rotatable bonds is 19. The number of benzene rings is 1. The summed E-state index contributed by atoms with van der Waals surface area (Å²) in [6.45, 7) is 4.92. The summed E-state index contributed by atoms with van der Waals surface area (Å²) in [5.74, 6) is -5.82. The van der Waals surface area contributed by atoms with E-state index in [4.69, 9.17) is 4.74 Å². The Kier molecular flexibility index (Phi) is 14.0. The molecular weight excluding hydrogens is 662 g/mol. The number of anilines is 1. The number of nitrogens with one attached hydrogen (secondary N) is 4. The maximum absolute atomic E-state index is 13.1. The fraction of sp³-hybridized carbons (Fsp3) is 0.531. The van der Waals surface area contributed by atoms with Crippen molar-refractivity contribution < 1.29 is 51.3 Å². The second-order valence-electron chi connectivity index (χ2n) is 12.4. The summed E-state index contributed by atoms with van der Waals surface area (Å²) in [7, 11) is -4.74. The zero-order valence-corrected chi connectivity index (χ0v) is 28.4. The third kappa shape index (κ3) is 13.1. The van der Waals surface area contributed by atoms with Crippen LogP contribution in [0.1, 0.15) is 64.9 Å². The molecule has 5 N–H and O–H groups in total. The minimum Gasteiger partial charge on any atom is -0.461 e. The van der Waals surface area contributed by atoms with Gasteiger partial charge in [-0.25, -0.2) is 0 Å².